The first-order chi connectivity index (χ1) is 9.44. The van der Waals surface area contributed by atoms with E-state index in [1.54, 1.807) is 25.4 Å². The van der Waals surface area contributed by atoms with E-state index in [0.29, 0.717) is 11.6 Å². The largest absolute Gasteiger partial charge is 0.456 e. The predicted octanol–water partition coefficient (Wildman–Crippen LogP) is 3.39. The van der Waals surface area contributed by atoms with E-state index in [4.69, 9.17) is 16.0 Å². The first kappa shape index (κ1) is 14.6. The molecule has 0 bridgehead atoms. The summed E-state index contributed by atoms with van der Waals surface area (Å²) in [5, 5.41) is 2.94. The third-order valence-corrected chi connectivity index (χ3v) is 3.49. The predicted molar refractivity (Wildman–Crippen MR) is 77.7 cm³/mol. The number of furan rings is 1. The number of rotatable bonds is 4. The van der Waals surface area contributed by atoms with E-state index in [1.807, 2.05) is 26.0 Å². The summed E-state index contributed by atoms with van der Waals surface area (Å²) in [5.41, 5.74) is 1.22. The minimum atomic E-state index is -0.535. The van der Waals surface area contributed by atoms with Crippen LogP contribution in [-0.2, 0) is 11.4 Å². The van der Waals surface area contributed by atoms with E-state index in [0.717, 1.165) is 11.1 Å². The van der Waals surface area contributed by atoms with Crippen LogP contribution < -0.4 is 5.32 Å². The molecule has 0 saturated carbocycles. The molecular formula is C15H17ClN2O2. The van der Waals surface area contributed by atoms with Gasteiger partial charge in [-0.1, -0.05) is 6.07 Å². The molecule has 1 N–H and O–H groups in total. The smallest absolute Gasteiger partial charge is 0.287 e. The average Bonchev–Trinajstić information content (AvgIpc) is 2.81. The van der Waals surface area contributed by atoms with Gasteiger partial charge in [0.05, 0.1) is 11.4 Å². The van der Waals surface area contributed by atoms with Crippen molar-refractivity contribution in [2.75, 3.05) is 0 Å². The molecule has 1 amide bonds. The van der Waals surface area contributed by atoms with Crippen LogP contribution in [0.5, 0.6) is 0 Å². The highest BCUT2D eigenvalue weighted by Crippen LogP contribution is 2.21. The van der Waals surface area contributed by atoms with E-state index in [9.17, 15) is 4.79 Å². The zero-order chi connectivity index (χ0) is 14.8. The SMILES string of the molecule is Cc1oc(C(=O)NC(C)(C)c2cccnc2)cc1CCl. The molecule has 0 aromatic carbocycles. The lowest BCUT2D eigenvalue weighted by Crippen LogP contribution is -2.40. The van der Waals surface area contributed by atoms with Crippen LogP contribution in [0.25, 0.3) is 0 Å². The molecule has 0 aliphatic heterocycles. The standard InChI is InChI=1S/C15H17ClN2O2/c1-10-11(8-16)7-13(20-10)14(19)18-15(2,3)12-5-4-6-17-9-12/h4-7,9H,8H2,1-3H3,(H,18,19). The molecule has 0 unspecified atom stereocenters. The molecule has 5 heteroatoms. The highest BCUT2D eigenvalue weighted by atomic mass is 35.5. The number of aryl methyl sites for hydroxylation is 1. The molecule has 0 radical (unpaired) electrons. The Labute approximate surface area is 123 Å². The van der Waals surface area contributed by atoms with Gasteiger partial charge in [0.25, 0.3) is 5.91 Å². The second-order valence-corrected chi connectivity index (χ2v) is 5.41. The summed E-state index contributed by atoms with van der Waals surface area (Å²) >= 11 is 5.78. The molecule has 106 valence electrons. The monoisotopic (exact) mass is 292 g/mol. The van der Waals surface area contributed by atoms with Crippen LogP contribution in [0.4, 0.5) is 0 Å². The molecule has 0 saturated heterocycles. The maximum Gasteiger partial charge on any atom is 0.287 e. The molecule has 2 heterocycles. The summed E-state index contributed by atoms with van der Waals surface area (Å²) in [4.78, 5) is 16.3. The molecule has 0 fully saturated rings. The molecule has 0 spiro atoms. The van der Waals surface area contributed by atoms with Gasteiger partial charge in [-0.15, -0.1) is 11.6 Å². The summed E-state index contributed by atoms with van der Waals surface area (Å²) in [6.07, 6.45) is 3.43. The van der Waals surface area contributed by atoms with Crippen LogP contribution in [-0.4, -0.2) is 10.9 Å². The van der Waals surface area contributed by atoms with Crippen molar-refractivity contribution >= 4 is 17.5 Å². The first-order valence-electron chi connectivity index (χ1n) is 6.32. The number of nitrogens with one attached hydrogen (secondary N) is 1. The number of halogens is 1. The Kier molecular flexibility index (Phi) is 4.14. The molecular weight excluding hydrogens is 276 g/mol. The van der Waals surface area contributed by atoms with Gasteiger partial charge in [-0.05, 0) is 38.5 Å². The number of carbonyl (C=O) groups excluding carboxylic acids is 1. The van der Waals surface area contributed by atoms with E-state index in [2.05, 4.69) is 10.3 Å². The van der Waals surface area contributed by atoms with E-state index in [1.165, 1.54) is 0 Å². The number of amides is 1. The number of hydrogen-bond donors (Lipinski definition) is 1. The number of hydrogen-bond acceptors (Lipinski definition) is 3. The topological polar surface area (TPSA) is 55.1 Å². The summed E-state index contributed by atoms with van der Waals surface area (Å²) in [5.74, 6) is 1.01. The molecule has 0 atom stereocenters. The van der Waals surface area contributed by atoms with Crippen molar-refractivity contribution in [1.82, 2.24) is 10.3 Å². The van der Waals surface area contributed by atoms with Gasteiger partial charge in [-0.3, -0.25) is 9.78 Å². The average molecular weight is 293 g/mol. The fourth-order valence-corrected chi connectivity index (χ4v) is 2.18. The Morgan fingerprint density at radius 2 is 2.25 bits per heavy atom. The summed E-state index contributed by atoms with van der Waals surface area (Å²) in [7, 11) is 0. The molecule has 2 aromatic rings. The number of aromatic nitrogens is 1. The van der Waals surface area contributed by atoms with Gasteiger partial charge in [-0.2, -0.15) is 0 Å². The highest BCUT2D eigenvalue weighted by Gasteiger charge is 2.25. The van der Waals surface area contributed by atoms with Gasteiger partial charge >= 0.3 is 0 Å². The molecule has 2 rings (SSSR count). The molecule has 4 nitrogen and oxygen atoms in total. The van der Waals surface area contributed by atoms with Crippen molar-refractivity contribution in [3.05, 3.63) is 53.2 Å². The van der Waals surface area contributed by atoms with Crippen LogP contribution in [0, 0.1) is 6.92 Å². The molecule has 2 aromatic heterocycles. The van der Waals surface area contributed by atoms with Gasteiger partial charge in [-0.25, -0.2) is 0 Å². The first-order valence-corrected chi connectivity index (χ1v) is 6.86. The maximum absolute atomic E-state index is 12.2. The van der Waals surface area contributed by atoms with Crippen LogP contribution in [0.3, 0.4) is 0 Å². The number of alkyl halides is 1. The zero-order valence-corrected chi connectivity index (χ0v) is 12.5. The van der Waals surface area contributed by atoms with Gasteiger partial charge < -0.3 is 9.73 Å². The Morgan fingerprint density at radius 1 is 1.50 bits per heavy atom. The Balaban J connectivity index is 2.18. The van der Waals surface area contributed by atoms with Crippen molar-refractivity contribution in [1.29, 1.82) is 0 Å². The Morgan fingerprint density at radius 3 is 2.80 bits per heavy atom. The van der Waals surface area contributed by atoms with Crippen molar-refractivity contribution in [3.63, 3.8) is 0 Å². The minimum Gasteiger partial charge on any atom is -0.456 e. The van der Waals surface area contributed by atoms with Crippen LogP contribution in [0.15, 0.2) is 35.0 Å². The van der Waals surface area contributed by atoms with Crippen molar-refractivity contribution in [3.8, 4) is 0 Å². The fraction of sp³-hybridized carbons (Fsp3) is 0.333. The van der Waals surface area contributed by atoms with Gasteiger partial charge in [0.1, 0.15) is 5.76 Å². The molecule has 0 aliphatic rings. The lowest BCUT2D eigenvalue weighted by molar-refractivity contribution is 0.0882. The summed E-state index contributed by atoms with van der Waals surface area (Å²) in [6, 6.07) is 5.44. The van der Waals surface area contributed by atoms with E-state index >= 15 is 0 Å². The lowest BCUT2D eigenvalue weighted by Gasteiger charge is -2.25. The van der Waals surface area contributed by atoms with Crippen molar-refractivity contribution < 1.29 is 9.21 Å². The van der Waals surface area contributed by atoms with Crippen molar-refractivity contribution in [2.45, 2.75) is 32.2 Å². The fourth-order valence-electron chi connectivity index (χ4n) is 1.91. The van der Waals surface area contributed by atoms with Gasteiger partial charge in [0, 0.05) is 18.0 Å². The summed E-state index contributed by atoms with van der Waals surface area (Å²) < 4.78 is 5.44. The van der Waals surface area contributed by atoms with Crippen LogP contribution >= 0.6 is 11.6 Å². The third-order valence-electron chi connectivity index (χ3n) is 3.20. The second kappa shape index (κ2) is 5.67. The van der Waals surface area contributed by atoms with Gasteiger partial charge in [0.15, 0.2) is 5.76 Å². The summed E-state index contributed by atoms with van der Waals surface area (Å²) in [6.45, 7) is 5.63. The number of carbonyl (C=O) groups is 1. The quantitative estimate of drug-likeness (QED) is 0.879. The molecule has 20 heavy (non-hydrogen) atoms. The second-order valence-electron chi connectivity index (χ2n) is 5.15. The number of pyridine rings is 1. The number of nitrogens with zero attached hydrogens (tertiary/aromatic N) is 1. The molecule has 0 aliphatic carbocycles. The lowest BCUT2D eigenvalue weighted by atomic mass is 9.96. The minimum absolute atomic E-state index is 0.265. The zero-order valence-electron chi connectivity index (χ0n) is 11.7. The Bertz CT molecular complexity index is 606. The van der Waals surface area contributed by atoms with E-state index < -0.39 is 5.54 Å². The Hall–Kier alpha value is -1.81. The van der Waals surface area contributed by atoms with Crippen LogP contribution in [0.2, 0.25) is 0 Å². The third kappa shape index (κ3) is 3.02. The maximum atomic E-state index is 12.2. The van der Waals surface area contributed by atoms with Crippen molar-refractivity contribution in [2.24, 2.45) is 0 Å². The van der Waals surface area contributed by atoms with Crippen LogP contribution in [0.1, 0.15) is 41.3 Å². The highest BCUT2D eigenvalue weighted by molar-refractivity contribution is 6.17. The van der Waals surface area contributed by atoms with E-state index in [-0.39, 0.29) is 11.7 Å². The van der Waals surface area contributed by atoms with Gasteiger partial charge in [0.2, 0.25) is 0 Å². The normalized spacial score (nSPS) is 11.4.